The van der Waals surface area contributed by atoms with Crippen LogP contribution in [0.4, 0.5) is 0 Å². The maximum atomic E-state index is 6.31. The molecule has 3 aromatic heterocycles. The molecule has 7 aromatic carbocycles. The van der Waals surface area contributed by atoms with E-state index < -0.39 is 0 Å². The Bertz CT molecular complexity index is 3100. The van der Waals surface area contributed by atoms with Crippen LogP contribution in [0.15, 0.2) is 156 Å². The molecule has 5 heteroatoms. The number of rotatable bonds is 4. The van der Waals surface area contributed by atoms with Crippen LogP contribution in [0, 0.1) is 0 Å². The number of hydrogen-bond donors (Lipinski definition) is 0. The molecule has 0 saturated heterocycles. The number of para-hydroxylation sites is 1. The van der Waals surface area contributed by atoms with Crippen molar-refractivity contribution in [3.8, 4) is 56.4 Å². The van der Waals surface area contributed by atoms with Gasteiger partial charge in [-0.3, -0.25) is 0 Å². The molecule has 0 N–H and O–H groups in total. The highest BCUT2D eigenvalue weighted by atomic mass is 32.1. The number of hydrogen-bond acceptors (Lipinski definition) is 5. The minimum atomic E-state index is -0.188. The molecule has 0 aliphatic heterocycles. The summed E-state index contributed by atoms with van der Waals surface area (Å²) in [7, 11) is 0. The maximum Gasteiger partial charge on any atom is 0.164 e. The van der Waals surface area contributed by atoms with Gasteiger partial charge in [0.2, 0.25) is 0 Å². The van der Waals surface area contributed by atoms with Crippen LogP contribution in [-0.2, 0) is 5.41 Å². The molecule has 1 aliphatic carbocycles. The number of nitrogens with zero attached hydrogens (tertiary/aromatic N) is 3. The molecule has 1 aliphatic rings. The van der Waals surface area contributed by atoms with E-state index in [1.165, 1.54) is 42.4 Å². The average molecular weight is 698 g/mol. The number of thiophene rings is 1. The van der Waals surface area contributed by atoms with Gasteiger partial charge in [0.15, 0.2) is 17.5 Å². The summed E-state index contributed by atoms with van der Waals surface area (Å²) < 4.78 is 8.78. The van der Waals surface area contributed by atoms with E-state index in [0.717, 1.165) is 49.8 Å². The predicted molar refractivity (Wildman–Crippen MR) is 219 cm³/mol. The van der Waals surface area contributed by atoms with E-state index in [1.54, 1.807) is 11.3 Å². The highest BCUT2D eigenvalue weighted by Crippen LogP contribution is 2.52. The normalized spacial score (nSPS) is 13.2. The van der Waals surface area contributed by atoms with Crippen molar-refractivity contribution in [1.82, 2.24) is 15.0 Å². The van der Waals surface area contributed by atoms with E-state index in [0.29, 0.717) is 17.5 Å². The summed E-state index contributed by atoms with van der Waals surface area (Å²) in [4.78, 5) is 15.4. The highest BCUT2D eigenvalue weighted by Gasteiger charge is 2.36. The molecular formula is C48H31N3OS. The number of furan rings is 1. The van der Waals surface area contributed by atoms with Gasteiger partial charge in [-0.15, -0.1) is 11.3 Å². The average Bonchev–Trinajstić information content (AvgIpc) is 3.84. The fourth-order valence-corrected chi connectivity index (χ4v) is 9.40. The molecule has 0 saturated carbocycles. The van der Waals surface area contributed by atoms with Gasteiger partial charge in [0, 0.05) is 53.1 Å². The standard InChI is InChI=1S/C48H31N3OS/c1-48(2)38-25-30(22-23-32(38)36-26-37-33-16-6-8-19-40(33)52-41(37)27-39(36)48)29-14-10-15-31(24-29)46-49-45(28-12-4-3-5-13-28)50-47(51-46)35-18-11-21-43-44(35)34-17-7-9-20-42(34)53-43/h3-27H,1-2H3. The van der Waals surface area contributed by atoms with Crippen LogP contribution in [0.3, 0.4) is 0 Å². The molecule has 0 amide bonds. The summed E-state index contributed by atoms with van der Waals surface area (Å²) in [5.74, 6) is 1.97. The van der Waals surface area contributed by atoms with E-state index in [2.05, 4.69) is 135 Å². The van der Waals surface area contributed by atoms with Gasteiger partial charge < -0.3 is 4.42 Å². The summed E-state index contributed by atoms with van der Waals surface area (Å²) in [6, 6.07) is 53.6. The topological polar surface area (TPSA) is 51.8 Å². The molecule has 10 aromatic rings. The number of aromatic nitrogens is 3. The van der Waals surface area contributed by atoms with Crippen LogP contribution in [0.2, 0.25) is 0 Å². The van der Waals surface area contributed by atoms with Gasteiger partial charge in [-0.05, 0) is 75.8 Å². The van der Waals surface area contributed by atoms with Gasteiger partial charge in [-0.25, -0.2) is 15.0 Å². The molecule has 0 unspecified atom stereocenters. The number of fused-ring (bicyclic) bond motifs is 9. The van der Waals surface area contributed by atoms with E-state index in [4.69, 9.17) is 19.4 Å². The summed E-state index contributed by atoms with van der Waals surface area (Å²) in [5, 5.41) is 4.72. The summed E-state index contributed by atoms with van der Waals surface area (Å²) in [6.45, 7) is 4.64. The fraction of sp³-hybridized carbons (Fsp3) is 0.0625. The van der Waals surface area contributed by atoms with Crippen LogP contribution in [-0.4, -0.2) is 15.0 Å². The first kappa shape index (κ1) is 30.2. The van der Waals surface area contributed by atoms with Gasteiger partial charge in [0.05, 0.1) is 0 Å². The highest BCUT2D eigenvalue weighted by molar-refractivity contribution is 7.25. The Morgan fingerprint density at radius 3 is 1.98 bits per heavy atom. The second-order valence-corrected chi connectivity index (χ2v) is 15.5. The van der Waals surface area contributed by atoms with Gasteiger partial charge >= 0.3 is 0 Å². The van der Waals surface area contributed by atoms with Crippen molar-refractivity contribution in [2.24, 2.45) is 0 Å². The zero-order valence-electron chi connectivity index (χ0n) is 29.1. The molecule has 250 valence electrons. The van der Waals surface area contributed by atoms with Crippen LogP contribution in [0.25, 0.3) is 98.5 Å². The minimum Gasteiger partial charge on any atom is -0.456 e. The molecule has 4 nitrogen and oxygen atoms in total. The molecule has 0 radical (unpaired) electrons. The van der Waals surface area contributed by atoms with Gasteiger partial charge in [0.25, 0.3) is 0 Å². The SMILES string of the molecule is CC1(C)c2cc(-c3cccc(-c4nc(-c5ccccc5)nc(-c5cccc6sc7ccccc7c56)n4)c3)ccc2-c2cc3c(cc21)oc1ccccc13. The first-order valence-corrected chi connectivity index (χ1v) is 18.7. The molecule has 3 heterocycles. The third-order valence-electron chi connectivity index (χ3n) is 10.9. The van der Waals surface area contributed by atoms with Gasteiger partial charge in [-0.2, -0.15) is 0 Å². The third kappa shape index (κ3) is 4.64. The first-order valence-electron chi connectivity index (χ1n) is 17.9. The number of benzene rings is 7. The lowest BCUT2D eigenvalue weighted by atomic mass is 9.81. The van der Waals surface area contributed by atoms with E-state index in [1.807, 2.05) is 30.3 Å². The Labute approximate surface area is 310 Å². The second kappa shape index (κ2) is 11.3. The first-order chi connectivity index (χ1) is 26.0. The Kier molecular flexibility index (Phi) is 6.43. The zero-order valence-corrected chi connectivity index (χ0v) is 29.9. The lowest BCUT2D eigenvalue weighted by Crippen LogP contribution is -2.15. The summed E-state index contributed by atoms with van der Waals surface area (Å²) in [6.07, 6.45) is 0. The van der Waals surface area contributed by atoms with Crippen molar-refractivity contribution < 1.29 is 4.42 Å². The van der Waals surface area contributed by atoms with E-state index in [-0.39, 0.29) is 5.41 Å². The molecule has 0 bridgehead atoms. The van der Waals surface area contributed by atoms with Crippen molar-refractivity contribution in [3.05, 3.63) is 163 Å². The summed E-state index contributed by atoms with van der Waals surface area (Å²) >= 11 is 1.80. The quantitative estimate of drug-likeness (QED) is 0.184. The van der Waals surface area contributed by atoms with Crippen LogP contribution < -0.4 is 0 Å². The zero-order chi connectivity index (χ0) is 35.3. The lowest BCUT2D eigenvalue weighted by molar-refractivity contribution is 0.647. The van der Waals surface area contributed by atoms with Crippen LogP contribution >= 0.6 is 11.3 Å². The van der Waals surface area contributed by atoms with Crippen molar-refractivity contribution in [2.75, 3.05) is 0 Å². The van der Waals surface area contributed by atoms with E-state index >= 15 is 0 Å². The predicted octanol–water partition coefficient (Wildman–Crippen LogP) is 13.1. The molecule has 53 heavy (non-hydrogen) atoms. The summed E-state index contributed by atoms with van der Waals surface area (Å²) in [5.41, 5.74) is 12.0. The van der Waals surface area contributed by atoms with Gasteiger partial charge in [0.1, 0.15) is 11.2 Å². The monoisotopic (exact) mass is 697 g/mol. The lowest BCUT2D eigenvalue weighted by Gasteiger charge is -2.22. The molecule has 0 atom stereocenters. The molecule has 0 spiro atoms. The Hall–Kier alpha value is -6.43. The van der Waals surface area contributed by atoms with Crippen LogP contribution in [0.1, 0.15) is 25.0 Å². The molecule has 11 rings (SSSR count). The third-order valence-corrected chi connectivity index (χ3v) is 12.1. The van der Waals surface area contributed by atoms with Crippen molar-refractivity contribution >= 4 is 53.4 Å². The fourth-order valence-electron chi connectivity index (χ4n) is 8.27. The van der Waals surface area contributed by atoms with E-state index in [9.17, 15) is 0 Å². The second-order valence-electron chi connectivity index (χ2n) is 14.4. The Morgan fingerprint density at radius 1 is 0.434 bits per heavy atom. The Morgan fingerprint density at radius 2 is 1.09 bits per heavy atom. The molecule has 0 fully saturated rings. The van der Waals surface area contributed by atoms with Crippen molar-refractivity contribution in [1.29, 1.82) is 0 Å². The molecular weight excluding hydrogens is 667 g/mol. The van der Waals surface area contributed by atoms with Crippen LogP contribution in [0.5, 0.6) is 0 Å². The van der Waals surface area contributed by atoms with Gasteiger partial charge in [-0.1, -0.05) is 123 Å². The maximum absolute atomic E-state index is 6.31. The minimum absolute atomic E-state index is 0.188. The van der Waals surface area contributed by atoms with Crippen molar-refractivity contribution in [3.63, 3.8) is 0 Å². The largest absolute Gasteiger partial charge is 0.456 e. The Balaban J connectivity index is 1.04. The smallest absolute Gasteiger partial charge is 0.164 e. The van der Waals surface area contributed by atoms with Crippen molar-refractivity contribution in [2.45, 2.75) is 19.3 Å².